The fourth-order valence-electron chi connectivity index (χ4n) is 3.60. The number of ketones is 3. The average Bonchev–Trinajstić information content (AvgIpc) is 2.61. The maximum atomic E-state index is 12.6. The molecule has 1 fully saturated rings. The fourth-order valence-corrected chi connectivity index (χ4v) is 4.43. The first-order valence-corrected chi connectivity index (χ1v) is 10.1. The largest absolute Gasteiger partial charge is 0.298 e. The normalized spacial score (nSPS) is 20.5. The van der Waals surface area contributed by atoms with Gasteiger partial charge < -0.3 is 0 Å². The van der Waals surface area contributed by atoms with E-state index >= 15 is 0 Å². The molecule has 0 atom stereocenters. The summed E-state index contributed by atoms with van der Waals surface area (Å²) in [6.45, 7) is 3.94. The zero-order chi connectivity index (χ0) is 18.7. The standard InChI is InChI=1S/C21H23NO3S/c1-3-7-17(23)20-18(24)11-14(12-19(20)25)15-10-13-8-5-6-9-16(13)22-21(15)26-4-2/h5-6,8-10,14,20H,3-4,7,11-12H2,1-2H3. The molecule has 0 bridgehead atoms. The third-order valence-electron chi connectivity index (χ3n) is 4.80. The van der Waals surface area contributed by atoms with Crippen molar-refractivity contribution < 1.29 is 14.4 Å². The van der Waals surface area contributed by atoms with Gasteiger partial charge in [0.15, 0.2) is 17.3 Å². The van der Waals surface area contributed by atoms with Gasteiger partial charge in [0.1, 0.15) is 10.9 Å². The van der Waals surface area contributed by atoms with Crippen LogP contribution in [0.25, 0.3) is 10.9 Å². The summed E-state index contributed by atoms with van der Waals surface area (Å²) in [5, 5.41) is 1.89. The van der Waals surface area contributed by atoms with Gasteiger partial charge in [0.05, 0.1) is 5.52 Å². The number of carbonyl (C=O) groups excluding carboxylic acids is 3. The van der Waals surface area contributed by atoms with Gasteiger partial charge in [-0.15, -0.1) is 11.8 Å². The molecule has 0 spiro atoms. The minimum atomic E-state index is -1.04. The lowest BCUT2D eigenvalue weighted by molar-refractivity contribution is -0.142. The summed E-state index contributed by atoms with van der Waals surface area (Å²) in [5.74, 6) is -1.05. The maximum Gasteiger partial charge on any atom is 0.151 e. The zero-order valence-corrected chi connectivity index (χ0v) is 16.0. The van der Waals surface area contributed by atoms with Gasteiger partial charge >= 0.3 is 0 Å². The van der Waals surface area contributed by atoms with Crippen LogP contribution in [0, 0.1) is 5.92 Å². The lowest BCUT2D eigenvalue weighted by Crippen LogP contribution is -2.38. The molecule has 3 rings (SSSR count). The molecule has 1 aromatic carbocycles. The molecule has 0 saturated heterocycles. The SMILES string of the molecule is CCCC(=O)C1C(=O)CC(c2cc3ccccc3nc2SCC)CC1=O. The number of fused-ring (bicyclic) bond motifs is 1. The van der Waals surface area contributed by atoms with E-state index in [4.69, 9.17) is 4.98 Å². The van der Waals surface area contributed by atoms with Crippen LogP contribution in [0.15, 0.2) is 35.4 Å². The number of hydrogen-bond donors (Lipinski definition) is 0. The van der Waals surface area contributed by atoms with Crippen LogP contribution < -0.4 is 0 Å². The molecule has 0 unspecified atom stereocenters. The van der Waals surface area contributed by atoms with Crippen molar-refractivity contribution in [3.8, 4) is 0 Å². The molecule has 1 aliphatic carbocycles. The molecular formula is C21H23NO3S. The highest BCUT2D eigenvalue weighted by molar-refractivity contribution is 7.99. The number of pyridine rings is 1. The molecule has 0 aliphatic heterocycles. The summed E-state index contributed by atoms with van der Waals surface area (Å²) in [6, 6.07) is 9.92. The summed E-state index contributed by atoms with van der Waals surface area (Å²) in [6.07, 6.45) is 1.43. The first-order chi connectivity index (χ1) is 12.5. The number of nitrogens with zero attached hydrogens (tertiary/aromatic N) is 1. The Morgan fingerprint density at radius 3 is 2.50 bits per heavy atom. The molecule has 0 amide bonds. The van der Waals surface area contributed by atoms with Gasteiger partial charge in [-0.1, -0.05) is 32.0 Å². The van der Waals surface area contributed by atoms with Crippen molar-refractivity contribution in [2.75, 3.05) is 5.75 Å². The Hall–Kier alpha value is -2.01. The third kappa shape index (κ3) is 3.73. The summed E-state index contributed by atoms with van der Waals surface area (Å²) in [5.41, 5.74) is 1.87. The van der Waals surface area contributed by atoms with E-state index in [9.17, 15) is 14.4 Å². The smallest absolute Gasteiger partial charge is 0.151 e. The van der Waals surface area contributed by atoms with Crippen LogP contribution >= 0.6 is 11.8 Å². The molecule has 5 heteroatoms. The Morgan fingerprint density at radius 1 is 1.15 bits per heavy atom. The highest BCUT2D eigenvalue weighted by Crippen LogP contribution is 2.38. The van der Waals surface area contributed by atoms with Crippen molar-refractivity contribution in [2.24, 2.45) is 5.92 Å². The number of thioether (sulfide) groups is 1. The van der Waals surface area contributed by atoms with Gasteiger partial charge in [-0.3, -0.25) is 14.4 Å². The monoisotopic (exact) mass is 369 g/mol. The lowest BCUT2D eigenvalue weighted by atomic mass is 9.75. The van der Waals surface area contributed by atoms with E-state index in [2.05, 4.69) is 13.0 Å². The minimum absolute atomic E-state index is 0.188. The van der Waals surface area contributed by atoms with Gasteiger partial charge in [0, 0.05) is 30.6 Å². The van der Waals surface area contributed by atoms with Crippen molar-refractivity contribution >= 4 is 40.0 Å². The second-order valence-electron chi connectivity index (χ2n) is 6.70. The molecule has 1 saturated carbocycles. The maximum absolute atomic E-state index is 12.6. The highest BCUT2D eigenvalue weighted by atomic mass is 32.2. The molecule has 4 nitrogen and oxygen atoms in total. The van der Waals surface area contributed by atoms with Gasteiger partial charge in [0.2, 0.25) is 0 Å². The summed E-state index contributed by atoms with van der Waals surface area (Å²) >= 11 is 1.63. The van der Waals surface area contributed by atoms with E-state index in [0.29, 0.717) is 12.8 Å². The molecule has 1 aromatic heterocycles. The predicted octanol–water partition coefficient (Wildman–Crippen LogP) is 4.35. The van der Waals surface area contributed by atoms with E-state index in [1.807, 2.05) is 31.2 Å². The van der Waals surface area contributed by atoms with E-state index in [1.165, 1.54) is 0 Å². The minimum Gasteiger partial charge on any atom is -0.298 e. The molecule has 26 heavy (non-hydrogen) atoms. The Balaban J connectivity index is 1.94. The van der Waals surface area contributed by atoms with Crippen molar-refractivity contribution in [3.63, 3.8) is 0 Å². The molecule has 2 aromatic rings. The van der Waals surface area contributed by atoms with Gasteiger partial charge in [-0.05, 0) is 29.9 Å². The molecule has 0 radical (unpaired) electrons. The van der Waals surface area contributed by atoms with Crippen molar-refractivity contribution in [1.29, 1.82) is 0 Å². The first-order valence-electron chi connectivity index (χ1n) is 9.15. The van der Waals surface area contributed by atoms with Gasteiger partial charge in [-0.2, -0.15) is 0 Å². The first kappa shape index (κ1) is 18.8. The number of rotatable bonds is 6. The zero-order valence-electron chi connectivity index (χ0n) is 15.2. The van der Waals surface area contributed by atoms with Gasteiger partial charge in [0.25, 0.3) is 0 Å². The molecular weight excluding hydrogens is 346 g/mol. The van der Waals surface area contributed by atoms with Crippen LogP contribution in [0.3, 0.4) is 0 Å². The van der Waals surface area contributed by atoms with Crippen LogP contribution in [0.4, 0.5) is 0 Å². The average molecular weight is 369 g/mol. The van der Waals surface area contributed by atoms with E-state index < -0.39 is 5.92 Å². The molecule has 136 valence electrons. The Morgan fingerprint density at radius 2 is 1.85 bits per heavy atom. The third-order valence-corrected chi connectivity index (χ3v) is 5.68. The molecule has 1 aliphatic rings. The predicted molar refractivity (Wildman–Crippen MR) is 104 cm³/mol. The Labute approximate surface area is 157 Å². The lowest BCUT2D eigenvalue weighted by Gasteiger charge is -2.27. The van der Waals surface area contributed by atoms with E-state index in [0.717, 1.165) is 27.2 Å². The summed E-state index contributed by atoms with van der Waals surface area (Å²) in [7, 11) is 0. The molecule has 0 N–H and O–H groups in total. The number of hydrogen-bond acceptors (Lipinski definition) is 5. The van der Waals surface area contributed by atoms with Crippen molar-refractivity contribution in [2.45, 2.75) is 50.5 Å². The summed E-state index contributed by atoms with van der Waals surface area (Å²) in [4.78, 5) is 42.0. The van der Waals surface area contributed by atoms with Crippen molar-refractivity contribution in [3.05, 3.63) is 35.9 Å². The topological polar surface area (TPSA) is 64.1 Å². The number of carbonyl (C=O) groups is 3. The number of Topliss-reactive ketones (excluding diaryl/α,β-unsaturated/α-hetero) is 3. The van der Waals surface area contributed by atoms with Crippen LogP contribution in [0.2, 0.25) is 0 Å². The second kappa shape index (κ2) is 8.12. The van der Waals surface area contributed by atoms with Crippen LogP contribution in [-0.4, -0.2) is 28.1 Å². The summed E-state index contributed by atoms with van der Waals surface area (Å²) < 4.78 is 0. The fraction of sp³-hybridized carbons (Fsp3) is 0.429. The van der Waals surface area contributed by atoms with Crippen LogP contribution in [0.1, 0.15) is 51.0 Å². The van der Waals surface area contributed by atoms with Crippen molar-refractivity contribution in [1.82, 2.24) is 4.98 Å². The number of para-hydroxylation sites is 1. The Kier molecular flexibility index (Phi) is 5.87. The number of aromatic nitrogens is 1. The van der Waals surface area contributed by atoms with Gasteiger partial charge in [-0.25, -0.2) is 4.98 Å². The second-order valence-corrected chi connectivity index (χ2v) is 7.95. The van der Waals surface area contributed by atoms with E-state index in [1.54, 1.807) is 11.8 Å². The number of benzene rings is 1. The quantitative estimate of drug-likeness (QED) is 0.559. The highest BCUT2D eigenvalue weighted by Gasteiger charge is 2.40. The van der Waals surface area contributed by atoms with E-state index in [-0.39, 0.29) is 36.1 Å². The molecule has 1 heterocycles. The Bertz CT molecular complexity index is 843. The van der Waals surface area contributed by atoms with Crippen LogP contribution in [0.5, 0.6) is 0 Å². The van der Waals surface area contributed by atoms with Crippen LogP contribution in [-0.2, 0) is 14.4 Å².